The number of para-hydroxylation sites is 1. The minimum absolute atomic E-state index is 0.108. The van der Waals surface area contributed by atoms with Crippen LogP contribution in [0.4, 0.5) is 0 Å². The van der Waals surface area contributed by atoms with E-state index in [4.69, 9.17) is 9.84 Å². The maximum atomic E-state index is 10.7. The Bertz CT molecular complexity index is 788. The number of aliphatic hydroxyl groups is 1. The Morgan fingerprint density at radius 3 is 2.74 bits per heavy atom. The quantitative estimate of drug-likeness (QED) is 0.667. The highest BCUT2D eigenvalue weighted by Crippen LogP contribution is 2.36. The summed E-state index contributed by atoms with van der Waals surface area (Å²) in [5, 5.41) is 18.3. The van der Waals surface area contributed by atoms with Gasteiger partial charge in [0.2, 0.25) is 0 Å². The van der Waals surface area contributed by atoms with Crippen LogP contribution in [0.1, 0.15) is 29.2 Å². The zero-order valence-electron chi connectivity index (χ0n) is 15.3. The number of carboxylic acid groups (broad SMARTS) is 1. The Kier molecular flexibility index (Phi) is 6.63. The van der Waals surface area contributed by atoms with Crippen molar-refractivity contribution in [1.29, 1.82) is 0 Å². The molecule has 2 aromatic rings. The molecule has 0 saturated carbocycles. The monoisotopic (exact) mass is 367 g/mol. The molecular weight excluding hydrogens is 342 g/mol. The van der Waals surface area contributed by atoms with Crippen LogP contribution in [0.3, 0.4) is 0 Å². The topological polar surface area (TPSA) is 70.0 Å². The van der Waals surface area contributed by atoms with Crippen LogP contribution in [-0.4, -0.2) is 47.4 Å². The highest BCUT2D eigenvalue weighted by Gasteiger charge is 2.27. The summed E-state index contributed by atoms with van der Waals surface area (Å²) in [6.07, 6.45) is 4.73. The number of hydrogen-bond donors (Lipinski definition) is 2. The molecule has 0 spiro atoms. The number of carboxylic acids is 1. The molecule has 0 fully saturated rings. The number of nitrogens with zero attached hydrogens (tertiary/aromatic N) is 1. The van der Waals surface area contributed by atoms with Crippen molar-refractivity contribution in [3.8, 4) is 5.75 Å². The van der Waals surface area contributed by atoms with Gasteiger partial charge in [-0.1, -0.05) is 36.4 Å². The van der Waals surface area contributed by atoms with Gasteiger partial charge in [-0.3, -0.25) is 4.90 Å². The molecule has 1 atom stereocenters. The van der Waals surface area contributed by atoms with Crippen molar-refractivity contribution in [2.45, 2.75) is 18.9 Å². The van der Waals surface area contributed by atoms with E-state index in [2.05, 4.69) is 17.0 Å². The highest BCUT2D eigenvalue weighted by atomic mass is 16.5. The van der Waals surface area contributed by atoms with Crippen molar-refractivity contribution in [3.05, 3.63) is 71.3 Å². The molecule has 1 aliphatic carbocycles. The van der Waals surface area contributed by atoms with E-state index < -0.39 is 5.97 Å². The number of aliphatic carboxylic acids is 1. The van der Waals surface area contributed by atoms with Gasteiger partial charge >= 0.3 is 5.97 Å². The summed E-state index contributed by atoms with van der Waals surface area (Å²) in [5.74, 6) is -0.0935. The molecule has 1 unspecified atom stereocenters. The van der Waals surface area contributed by atoms with E-state index in [1.54, 1.807) is 6.08 Å². The highest BCUT2D eigenvalue weighted by molar-refractivity contribution is 5.85. The largest absolute Gasteiger partial charge is 0.492 e. The van der Waals surface area contributed by atoms with Gasteiger partial charge in [0.15, 0.2) is 0 Å². The van der Waals surface area contributed by atoms with Gasteiger partial charge in [-0.05, 0) is 47.7 Å². The summed E-state index contributed by atoms with van der Waals surface area (Å²) in [7, 11) is 0. The summed E-state index contributed by atoms with van der Waals surface area (Å²) >= 11 is 0. The molecule has 0 bridgehead atoms. The molecule has 1 aliphatic rings. The van der Waals surface area contributed by atoms with Crippen molar-refractivity contribution in [3.63, 3.8) is 0 Å². The Morgan fingerprint density at radius 1 is 1.19 bits per heavy atom. The number of rotatable bonds is 9. The lowest BCUT2D eigenvalue weighted by Gasteiger charge is -2.29. The van der Waals surface area contributed by atoms with Gasteiger partial charge in [-0.25, -0.2) is 4.79 Å². The number of hydrogen-bond acceptors (Lipinski definition) is 4. The molecule has 0 aliphatic heterocycles. The molecule has 0 radical (unpaired) electrons. The number of carbonyl (C=O) groups is 1. The first-order chi connectivity index (χ1) is 13.2. The molecule has 2 aromatic carbocycles. The first kappa shape index (κ1) is 19.1. The maximum absolute atomic E-state index is 10.7. The van der Waals surface area contributed by atoms with E-state index in [9.17, 15) is 9.90 Å². The first-order valence-electron chi connectivity index (χ1n) is 9.24. The third-order valence-electron chi connectivity index (χ3n) is 4.85. The van der Waals surface area contributed by atoms with Gasteiger partial charge in [0.1, 0.15) is 12.4 Å². The molecule has 27 heavy (non-hydrogen) atoms. The predicted octanol–water partition coefficient (Wildman–Crippen LogP) is 3.15. The number of ether oxygens (including phenoxy) is 1. The van der Waals surface area contributed by atoms with E-state index in [0.717, 1.165) is 36.8 Å². The normalized spacial score (nSPS) is 16.0. The minimum Gasteiger partial charge on any atom is -0.492 e. The second-order valence-electron chi connectivity index (χ2n) is 6.61. The SMILES string of the molecule is O=C(O)/C=C/c1ccc2c(c1)CCC2N(CCO)CCOc1ccccc1. The van der Waals surface area contributed by atoms with Gasteiger partial charge in [0, 0.05) is 25.2 Å². The lowest BCUT2D eigenvalue weighted by Crippen LogP contribution is -2.34. The molecular formula is C22H25NO4. The van der Waals surface area contributed by atoms with E-state index in [-0.39, 0.29) is 12.6 Å². The Morgan fingerprint density at radius 2 is 2.00 bits per heavy atom. The van der Waals surface area contributed by atoms with Gasteiger partial charge < -0.3 is 14.9 Å². The zero-order chi connectivity index (χ0) is 19.1. The molecule has 3 rings (SSSR count). The fourth-order valence-corrected chi connectivity index (χ4v) is 3.61. The summed E-state index contributed by atoms with van der Waals surface area (Å²) in [6, 6.07) is 16.1. The van der Waals surface area contributed by atoms with Crippen molar-refractivity contribution >= 4 is 12.0 Å². The van der Waals surface area contributed by atoms with Crippen LogP contribution < -0.4 is 4.74 Å². The number of aryl methyl sites for hydroxylation is 1. The zero-order valence-corrected chi connectivity index (χ0v) is 15.3. The molecule has 5 heteroatoms. The number of benzene rings is 2. The van der Waals surface area contributed by atoms with Crippen LogP contribution in [-0.2, 0) is 11.2 Å². The summed E-state index contributed by atoms with van der Waals surface area (Å²) in [6.45, 7) is 2.01. The van der Waals surface area contributed by atoms with Crippen molar-refractivity contribution < 1.29 is 19.7 Å². The Labute approximate surface area is 159 Å². The summed E-state index contributed by atoms with van der Waals surface area (Å²) in [5.41, 5.74) is 3.41. The van der Waals surface area contributed by atoms with E-state index in [1.807, 2.05) is 36.4 Å². The molecule has 0 aromatic heterocycles. The van der Waals surface area contributed by atoms with Crippen LogP contribution in [0.25, 0.3) is 6.08 Å². The molecule has 0 heterocycles. The van der Waals surface area contributed by atoms with Crippen LogP contribution in [0.5, 0.6) is 5.75 Å². The van der Waals surface area contributed by atoms with Crippen molar-refractivity contribution in [2.24, 2.45) is 0 Å². The fraction of sp³-hybridized carbons (Fsp3) is 0.318. The average Bonchev–Trinajstić information content (AvgIpc) is 3.09. The number of fused-ring (bicyclic) bond motifs is 1. The molecule has 142 valence electrons. The Balaban J connectivity index is 1.66. The summed E-state index contributed by atoms with van der Waals surface area (Å²) < 4.78 is 5.82. The van der Waals surface area contributed by atoms with Crippen LogP contribution in [0.2, 0.25) is 0 Å². The average molecular weight is 367 g/mol. The summed E-state index contributed by atoms with van der Waals surface area (Å²) in [4.78, 5) is 13.0. The van der Waals surface area contributed by atoms with Crippen molar-refractivity contribution in [1.82, 2.24) is 4.90 Å². The van der Waals surface area contributed by atoms with Gasteiger partial charge in [0.25, 0.3) is 0 Å². The van der Waals surface area contributed by atoms with E-state index in [1.165, 1.54) is 11.1 Å². The van der Waals surface area contributed by atoms with Gasteiger partial charge in [0.05, 0.1) is 6.61 Å². The van der Waals surface area contributed by atoms with E-state index in [0.29, 0.717) is 13.2 Å². The maximum Gasteiger partial charge on any atom is 0.328 e. The second-order valence-corrected chi connectivity index (χ2v) is 6.61. The van der Waals surface area contributed by atoms with Crippen LogP contribution >= 0.6 is 0 Å². The lowest BCUT2D eigenvalue weighted by atomic mass is 10.0. The van der Waals surface area contributed by atoms with Crippen molar-refractivity contribution in [2.75, 3.05) is 26.3 Å². The molecule has 0 saturated heterocycles. The standard InChI is InChI=1S/C22H25NO4/c24-14-12-23(13-15-27-19-4-2-1-3-5-19)21-10-8-18-16-17(6-9-20(18)21)7-11-22(25)26/h1-7,9,11,16,21,24H,8,10,12-15H2,(H,25,26)/b11-7+. The lowest BCUT2D eigenvalue weighted by molar-refractivity contribution is -0.131. The third kappa shape index (κ3) is 5.18. The van der Waals surface area contributed by atoms with Gasteiger partial charge in [-0.2, -0.15) is 0 Å². The Hall–Kier alpha value is -2.63. The fourth-order valence-electron chi connectivity index (χ4n) is 3.61. The van der Waals surface area contributed by atoms with Gasteiger partial charge in [-0.15, -0.1) is 0 Å². The van der Waals surface area contributed by atoms with Crippen LogP contribution in [0.15, 0.2) is 54.6 Å². The number of aliphatic hydroxyl groups excluding tert-OH is 1. The smallest absolute Gasteiger partial charge is 0.328 e. The minimum atomic E-state index is -0.944. The predicted molar refractivity (Wildman–Crippen MR) is 105 cm³/mol. The molecule has 2 N–H and O–H groups in total. The first-order valence-corrected chi connectivity index (χ1v) is 9.24. The van der Waals surface area contributed by atoms with E-state index >= 15 is 0 Å². The second kappa shape index (κ2) is 9.35. The van der Waals surface area contributed by atoms with Crippen LogP contribution in [0, 0.1) is 0 Å². The third-order valence-corrected chi connectivity index (χ3v) is 4.85. The molecule has 0 amide bonds. The molecule has 5 nitrogen and oxygen atoms in total.